The van der Waals surface area contributed by atoms with E-state index in [1.807, 2.05) is 0 Å². The molecule has 0 spiro atoms. The third-order valence-electron chi connectivity index (χ3n) is 3.18. The maximum absolute atomic E-state index is 12.3. The SMILES string of the molecule is O=C1CCC(N2C(=O)c3ccccc3S2=O)C(=O)N1. The summed E-state index contributed by atoms with van der Waals surface area (Å²) in [5.41, 5.74) is 0.352. The number of fused-ring (bicyclic) bond motifs is 1. The average molecular weight is 278 g/mol. The van der Waals surface area contributed by atoms with Crippen molar-refractivity contribution in [1.82, 2.24) is 9.62 Å². The standard InChI is InChI=1S/C12H10N2O4S/c15-10-6-5-8(11(16)13-10)14-12(17)7-3-1-2-4-9(7)19(14)18/h1-4,8H,5-6H2,(H,13,15,16). The first-order valence-electron chi connectivity index (χ1n) is 5.78. The molecule has 3 amide bonds. The Morgan fingerprint density at radius 3 is 2.63 bits per heavy atom. The number of carbonyl (C=O) groups excluding carboxylic acids is 3. The second-order valence-electron chi connectivity index (χ2n) is 4.34. The molecule has 19 heavy (non-hydrogen) atoms. The van der Waals surface area contributed by atoms with Gasteiger partial charge in [-0.15, -0.1) is 0 Å². The molecule has 3 rings (SSSR count). The molecule has 1 saturated heterocycles. The summed E-state index contributed by atoms with van der Waals surface area (Å²) in [6, 6.07) is 5.72. The molecule has 6 nitrogen and oxygen atoms in total. The van der Waals surface area contributed by atoms with Crippen molar-refractivity contribution in [3.63, 3.8) is 0 Å². The molecule has 2 aliphatic heterocycles. The Kier molecular flexibility index (Phi) is 2.70. The molecule has 2 aliphatic rings. The molecule has 1 N–H and O–H groups in total. The number of piperidine rings is 1. The Morgan fingerprint density at radius 2 is 1.95 bits per heavy atom. The zero-order valence-corrected chi connectivity index (χ0v) is 10.6. The molecule has 2 atom stereocenters. The first kappa shape index (κ1) is 12.0. The number of rotatable bonds is 1. The lowest BCUT2D eigenvalue weighted by Crippen LogP contribution is -2.53. The lowest BCUT2D eigenvalue weighted by Gasteiger charge is -2.27. The highest BCUT2D eigenvalue weighted by atomic mass is 32.2. The monoisotopic (exact) mass is 278 g/mol. The van der Waals surface area contributed by atoms with Crippen LogP contribution in [-0.2, 0) is 20.6 Å². The lowest BCUT2D eigenvalue weighted by atomic mass is 10.1. The van der Waals surface area contributed by atoms with Crippen molar-refractivity contribution in [2.75, 3.05) is 0 Å². The third kappa shape index (κ3) is 1.77. The zero-order chi connectivity index (χ0) is 13.6. The van der Waals surface area contributed by atoms with Gasteiger partial charge >= 0.3 is 0 Å². The average Bonchev–Trinajstić information content (AvgIpc) is 2.64. The van der Waals surface area contributed by atoms with Crippen molar-refractivity contribution in [2.45, 2.75) is 23.8 Å². The molecule has 0 bridgehead atoms. The van der Waals surface area contributed by atoms with Crippen molar-refractivity contribution < 1.29 is 18.6 Å². The van der Waals surface area contributed by atoms with Crippen LogP contribution in [0, 0.1) is 0 Å². The quantitative estimate of drug-likeness (QED) is 0.731. The largest absolute Gasteiger partial charge is 0.295 e. The predicted molar refractivity (Wildman–Crippen MR) is 65.2 cm³/mol. The van der Waals surface area contributed by atoms with Crippen LogP contribution in [0.25, 0.3) is 0 Å². The van der Waals surface area contributed by atoms with Gasteiger partial charge in [-0.3, -0.25) is 19.7 Å². The van der Waals surface area contributed by atoms with Gasteiger partial charge in [-0.1, -0.05) is 12.1 Å². The molecule has 2 unspecified atom stereocenters. The molecule has 1 fully saturated rings. The molecule has 0 saturated carbocycles. The minimum atomic E-state index is -1.68. The Morgan fingerprint density at radius 1 is 1.21 bits per heavy atom. The van der Waals surface area contributed by atoms with Gasteiger partial charge in [-0.05, 0) is 18.6 Å². The third-order valence-corrected chi connectivity index (χ3v) is 4.69. The number of nitrogens with zero attached hydrogens (tertiary/aromatic N) is 1. The van der Waals surface area contributed by atoms with Gasteiger partial charge in [-0.2, -0.15) is 0 Å². The van der Waals surface area contributed by atoms with Crippen LogP contribution in [-0.4, -0.2) is 32.3 Å². The smallest absolute Gasteiger partial charge is 0.267 e. The highest BCUT2D eigenvalue weighted by Gasteiger charge is 2.43. The van der Waals surface area contributed by atoms with Crippen LogP contribution < -0.4 is 5.32 Å². The van der Waals surface area contributed by atoms with Gasteiger partial charge in [0.25, 0.3) is 11.8 Å². The van der Waals surface area contributed by atoms with Crippen LogP contribution in [0.5, 0.6) is 0 Å². The number of hydrogen-bond acceptors (Lipinski definition) is 4. The van der Waals surface area contributed by atoms with Crippen LogP contribution >= 0.6 is 0 Å². The van der Waals surface area contributed by atoms with Crippen molar-refractivity contribution in [1.29, 1.82) is 0 Å². The second-order valence-corrected chi connectivity index (χ2v) is 5.67. The van der Waals surface area contributed by atoms with E-state index in [0.29, 0.717) is 10.5 Å². The van der Waals surface area contributed by atoms with Gasteiger partial charge in [0.15, 0.2) is 11.0 Å². The van der Waals surface area contributed by atoms with Crippen LogP contribution in [0.3, 0.4) is 0 Å². The van der Waals surface area contributed by atoms with Crippen molar-refractivity contribution in [3.8, 4) is 0 Å². The molecule has 0 aliphatic carbocycles. The van der Waals surface area contributed by atoms with Crippen LogP contribution in [0.1, 0.15) is 23.2 Å². The maximum Gasteiger partial charge on any atom is 0.267 e. The van der Waals surface area contributed by atoms with Gasteiger partial charge in [0.2, 0.25) is 5.91 Å². The molecule has 2 heterocycles. The molecule has 7 heteroatoms. The molecular weight excluding hydrogens is 268 g/mol. The van der Waals surface area contributed by atoms with Gasteiger partial charge in [0.1, 0.15) is 6.04 Å². The topological polar surface area (TPSA) is 83.6 Å². The lowest BCUT2D eigenvalue weighted by molar-refractivity contribution is -0.135. The summed E-state index contributed by atoms with van der Waals surface area (Å²) in [4.78, 5) is 35.5. The predicted octanol–water partition coefficient (Wildman–Crippen LogP) is -0.0298. The van der Waals surface area contributed by atoms with Gasteiger partial charge in [-0.25, -0.2) is 8.51 Å². The van der Waals surface area contributed by atoms with Crippen LogP contribution in [0.2, 0.25) is 0 Å². The fourth-order valence-electron chi connectivity index (χ4n) is 2.26. The van der Waals surface area contributed by atoms with E-state index in [1.165, 1.54) is 0 Å². The van der Waals surface area contributed by atoms with E-state index in [0.717, 1.165) is 4.31 Å². The van der Waals surface area contributed by atoms with E-state index >= 15 is 0 Å². The van der Waals surface area contributed by atoms with Crippen LogP contribution in [0.15, 0.2) is 29.2 Å². The van der Waals surface area contributed by atoms with Gasteiger partial charge < -0.3 is 0 Å². The highest BCUT2D eigenvalue weighted by Crippen LogP contribution is 2.30. The molecular formula is C12H10N2O4S. The van der Waals surface area contributed by atoms with Gasteiger partial charge in [0, 0.05) is 6.42 Å². The Balaban J connectivity index is 1.96. The number of carbonyl (C=O) groups is 3. The van der Waals surface area contributed by atoms with E-state index in [4.69, 9.17) is 0 Å². The van der Waals surface area contributed by atoms with E-state index in [-0.39, 0.29) is 18.7 Å². The Labute approximate surface area is 111 Å². The number of benzene rings is 1. The van der Waals surface area contributed by atoms with Crippen molar-refractivity contribution in [2.24, 2.45) is 0 Å². The summed E-state index contributed by atoms with van der Waals surface area (Å²) < 4.78 is 13.3. The van der Waals surface area contributed by atoms with E-state index in [1.54, 1.807) is 24.3 Å². The normalized spacial score (nSPS) is 26.3. The van der Waals surface area contributed by atoms with Crippen molar-refractivity contribution >= 4 is 28.7 Å². The van der Waals surface area contributed by atoms with E-state index in [9.17, 15) is 18.6 Å². The number of hydrogen-bond donors (Lipinski definition) is 1. The molecule has 98 valence electrons. The second kappa shape index (κ2) is 4.27. The fraction of sp³-hybridized carbons (Fsp3) is 0.250. The number of imide groups is 1. The highest BCUT2D eigenvalue weighted by molar-refractivity contribution is 7.84. The first-order chi connectivity index (χ1) is 9.09. The summed E-state index contributed by atoms with van der Waals surface area (Å²) in [7, 11) is -1.68. The van der Waals surface area contributed by atoms with E-state index < -0.39 is 28.8 Å². The Hall–Kier alpha value is -2.02. The molecule has 1 aromatic rings. The summed E-state index contributed by atoms with van der Waals surface area (Å²) in [5.74, 6) is -1.36. The van der Waals surface area contributed by atoms with Gasteiger partial charge in [0.05, 0.1) is 10.5 Å². The minimum absolute atomic E-state index is 0.147. The first-order valence-corrected chi connectivity index (χ1v) is 6.88. The molecule has 0 radical (unpaired) electrons. The summed E-state index contributed by atoms with van der Waals surface area (Å²) in [6.07, 6.45) is 0.351. The maximum atomic E-state index is 12.3. The number of amides is 3. The fourth-order valence-corrected chi connectivity index (χ4v) is 3.69. The molecule has 0 aromatic heterocycles. The Bertz CT molecular complexity index is 593. The van der Waals surface area contributed by atoms with Crippen molar-refractivity contribution in [3.05, 3.63) is 29.8 Å². The summed E-state index contributed by atoms with van der Waals surface area (Å²) >= 11 is 0. The zero-order valence-electron chi connectivity index (χ0n) is 9.79. The summed E-state index contributed by atoms with van der Waals surface area (Å²) in [6.45, 7) is 0. The van der Waals surface area contributed by atoms with Crippen LogP contribution in [0.4, 0.5) is 0 Å². The molecule has 1 aromatic carbocycles. The summed E-state index contributed by atoms with van der Waals surface area (Å²) in [5, 5.41) is 2.17. The number of nitrogens with one attached hydrogen (secondary N) is 1. The van der Waals surface area contributed by atoms with E-state index in [2.05, 4.69) is 5.32 Å². The minimum Gasteiger partial charge on any atom is -0.295 e.